The van der Waals surface area contributed by atoms with Gasteiger partial charge in [0.1, 0.15) is 5.82 Å². The van der Waals surface area contributed by atoms with Gasteiger partial charge in [-0.3, -0.25) is 4.79 Å². The Balaban J connectivity index is 1.57. The van der Waals surface area contributed by atoms with Crippen molar-refractivity contribution in [3.63, 3.8) is 0 Å². The Morgan fingerprint density at radius 3 is 2.68 bits per heavy atom. The van der Waals surface area contributed by atoms with Crippen LogP contribution >= 0.6 is 11.6 Å². The van der Waals surface area contributed by atoms with Crippen molar-refractivity contribution >= 4 is 23.2 Å². The number of aromatic nitrogens is 2. The largest absolute Gasteiger partial charge is 0.334 e. The highest BCUT2D eigenvalue weighted by atomic mass is 35.5. The van der Waals surface area contributed by atoms with E-state index in [0.29, 0.717) is 34.5 Å². The smallest absolute Gasteiger partial charge is 0.259 e. The molecule has 0 bridgehead atoms. The monoisotopic (exact) mass is 357 g/mol. The van der Waals surface area contributed by atoms with Crippen LogP contribution in [0.4, 0.5) is 10.1 Å². The third kappa shape index (κ3) is 3.00. The van der Waals surface area contributed by atoms with Crippen molar-refractivity contribution in [3.05, 3.63) is 65.2 Å². The molecule has 126 valence electrons. The van der Waals surface area contributed by atoms with Gasteiger partial charge in [-0.1, -0.05) is 28.9 Å². The van der Waals surface area contributed by atoms with Gasteiger partial charge in [-0.2, -0.15) is 4.98 Å². The molecule has 7 heteroatoms. The topological polar surface area (TPSA) is 59.2 Å². The second-order valence-electron chi connectivity index (χ2n) is 5.82. The van der Waals surface area contributed by atoms with Crippen molar-refractivity contribution in [2.24, 2.45) is 0 Å². The molecule has 0 saturated carbocycles. The van der Waals surface area contributed by atoms with E-state index in [1.54, 1.807) is 29.2 Å². The van der Waals surface area contributed by atoms with E-state index in [9.17, 15) is 9.18 Å². The zero-order chi connectivity index (χ0) is 17.4. The summed E-state index contributed by atoms with van der Waals surface area (Å²) in [4.78, 5) is 18.3. The molecule has 1 amide bonds. The summed E-state index contributed by atoms with van der Waals surface area (Å²) in [6.07, 6.45) is 0.277. The first-order chi connectivity index (χ1) is 12.1. The van der Waals surface area contributed by atoms with Crippen LogP contribution in [0.3, 0.4) is 0 Å². The number of hydrogen-bond acceptors (Lipinski definition) is 4. The Bertz CT molecular complexity index is 926. The fourth-order valence-electron chi connectivity index (χ4n) is 2.90. The van der Waals surface area contributed by atoms with E-state index in [-0.39, 0.29) is 24.1 Å². The van der Waals surface area contributed by atoms with E-state index in [0.717, 1.165) is 0 Å². The first-order valence-corrected chi connectivity index (χ1v) is 8.14. The second kappa shape index (κ2) is 6.29. The zero-order valence-electron chi connectivity index (χ0n) is 13.0. The van der Waals surface area contributed by atoms with Gasteiger partial charge in [0.05, 0.1) is 10.6 Å². The van der Waals surface area contributed by atoms with E-state index < -0.39 is 0 Å². The fraction of sp³-hybridized carbons (Fsp3) is 0.167. The van der Waals surface area contributed by atoms with Crippen LogP contribution in [0, 0.1) is 5.82 Å². The van der Waals surface area contributed by atoms with Gasteiger partial charge < -0.3 is 9.42 Å². The van der Waals surface area contributed by atoms with Gasteiger partial charge in [0.15, 0.2) is 5.82 Å². The number of hydrogen-bond donors (Lipinski definition) is 0. The summed E-state index contributed by atoms with van der Waals surface area (Å²) >= 11 is 6.15. The minimum absolute atomic E-state index is 0.0549. The van der Waals surface area contributed by atoms with Crippen LogP contribution in [0.1, 0.15) is 18.2 Å². The average Bonchev–Trinajstić information content (AvgIpc) is 3.23. The third-order valence-electron chi connectivity index (χ3n) is 4.17. The number of amides is 1. The maximum atomic E-state index is 13.1. The molecule has 2 aromatic carbocycles. The van der Waals surface area contributed by atoms with Crippen LogP contribution in [0.15, 0.2) is 53.1 Å². The molecule has 5 nitrogen and oxygen atoms in total. The molecule has 4 rings (SSSR count). The number of anilines is 1. The van der Waals surface area contributed by atoms with Gasteiger partial charge in [-0.25, -0.2) is 4.39 Å². The van der Waals surface area contributed by atoms with Crippen LogP contribution in [0.25, 0.3) is 11.5 Å². The maximum absolute atomic E-state index is 13.1. The number of benzene rings is 2. The lowest BCUT2D eigenvalue weighted by Gasteiger charge is -2.15. The quantitative estimate of drug-likeness (QED) is 0.709. The molecule has 2 heterocycles. The number of nitrogens with zero attached hydrogens (tertiary/aromatic N) is 3. The van der Waals surface area contributed by atoms with Crippen molar-refractivity contribution in [1.29, 1.82) is 0 Å². The van der Waals surface area contributed by atoms with Gasteiger partial charge >= 0.3 is 0 Å². The molecule has 0 aliphatic carbocycles. The number of halogens is 2. The molecular formula is C18H13ClFN3O2. The van der Waals surface area contributed by atoms with E-state index in [4.69, 9.17) is 16.1 Å². The Morgan fingerprint density at radius 1 is 1.16 bits per heavy atom. The minimum atomic E-state index is -0.338. The average molecular weight is 358 g/mol. The molecule has 3 aromatic rings. The number of carbonyl (C=O) groups excluding carboxylic acids is 1. The summed E-state index contributed by atoms with van der Waals surface area (Å²) in [5.41, 5.74) is 1.31. The fourth-order valence-corrected chi connectivity index (χ4v) is 3.11. The molecule has 25 heavy (non-hydrogen) atoms. The van der Waals surface area contributed by atoms with Crippen LogP contribution in [-0.4, -0.2) is 22.6 Å². The van der Waals surface area contributed by atoms with Gasteiger partial charge in [-0.05, 0) is 36.4 Å². The van der Waals surface area contributed by atoms with Crippen molar-refractivity contribution in [2.45, 2.75) is 12.3 Å². The molecule has 1 aromatic heterocycles. The van der Waals surface area contributed by atoms with Crippen molar-refractivity contribution in [2.75, 3.05) is 11.4 Å². The molecule has 0 N–H and O–H groups in total. The summed E-state index contributed by atoms with van der Waals surface area (Å²) in [5, 5.41) is 4.53. The number of rotatable bonds is 3. The molecular weight excluding hydrogens is 345 g/mol. The molecule has 1 unspecified atom stereocenters. The lowest BCUT2D eigenvalue weighted by atomic mass is 10.1. The molecule has 1 aliphatic rings. The maximum Gasteiger partial charge on any atom is 0.259 e. The van der Waals surface area contributed by atoms with E-state index in [2.05, 4.69) is 10.1 Å². The first-order valence-electron chi connectivity index (χ1n) is 7.76. The Hall–Kier alpha value is -2.73. The van der Waals surface area contributed by atoms with Gasteiger partial charge in [0.2, 0.25) is 5.91 Å². The highest BCUT2D eigenvalue weighted by molar-refractivity contribution is 6.33. The first kappa shape index (κ1) is 15.8. The molecule has 1 aliphatic heterocycles. The molecule has 1 atom stereocenters. The van der Waals surface area contributed by atoms with Crippen molar-refractivity contribution in [1.82, 2.24) is 10.1 Å². The predicted octanol–water partition coefficient (Wildman–Crippen LogP) is 4.05. The Morgan fingerprint density at radius 2 is 1.92 bits per heavy atom. The standard InChI is InChI=1S/C18H13ClFN3O2/c19-15-4-2-1-3-14(15)18-21-17(22-25-18)11-9-16(24)23(10-11)13-7-5-12(20)6-8-13/h1-8,11H,9-10H2. The Kier molecular flexibility index (Phi) is 3.97. The summed E-state index contributed by atoms with van der Waals surface area (Å²) in [6, 6.07) is 13.0. The molecule has 0 radical (unpaired) electrons. The Labute approximate surface area is 148 Å². The number of carbonyl (C=O) groups is 1. The van der Waals surface area contributed by atoms with Crippen LogP contribution < -0.4 is 4.90 Å². The molecule has 0 spiro atoms. The highest BCUT2D eigenvalue weighted by Crippen LogP contribution is 2.32. The van der Waals surface area contributed by atoms with Crippen LogP contribution in [0.5, 0.6) is 0 Å². The summed E-state index contributed by atoms with van der Waals surface area (Å²) in [7, 11) is 0. The lowest BCUT2D eigenvalue weighted by Crippen LogP contribution is -2.24. The normalized spacial score (nSPS) is 17.3. The predicted molar refractivity (Wildman–Crippen MR) is 90.9 cm³/mol. The van der Waals surface area contributed by atoms with E-state index in [1.165, 1.54) is 12.1 Å². The molecule has 1 saturated heterocycles. The highest BCUT2D eigenvalue weighted by Gasteiger charge is 2.34. The van der Waals surface area contributed by atoms with Crippen LogP contribution in [-0.2, 0) is 4.79 Å². The van der Waals surface area contributed by atoms with Gasteiger partial charge in [-0.15, -0.1) is 0 Å². The zero-order valence-corrected chi connectivity index (χ0v) is 13.8. The minimum Gasteiger partial charge on any atom is -0.334 e. The van der Waals surface area contributed by atoms with Gasteiger partial charge in [0.25, 0.3) is 5.89 Å². The van der Waals surface area contributed by atoms with Gasteiger partial charge in [0, 0.05) is 24.6 Å². The van der Waals surface area contributed by atoms with E-state index in [1.807, 2.05) is 12.1 Å². The van der Waals surface area contributed by atoms with E-state index >= 15 is 0 Å². The lowest BCUT2D eigenvalue weighted by molar-refractivity contribution is -0.117. The van der Waals surface area contributed by atoms with Crippen molar-refractivity contribution in [3.8, 4) is 11.5 Å². The van der Waals surface area contributed by atoms with Crippen molar-refractivity contribution < 1.29 is 13.7 Å². The molecule has 1 fully saturated rings. The second-order valence-corrected chi connectivity index (χ2v) is 6.23. The SMILES string of the molecule is O=C1CC(c2noc(-c3ccccc3Cl)n2)CN1c1ccc(F)cc1. The summed E-state index contributed by atoms with van der Waals surface area (Å²) in [5.74, 6) is 0.217. The third-order valence-corrected chi connectivity index (χ3v) is 4.50. The van der Waals surface area contributed by atoms with Crippen LogP contribution in [0.2, 0.25) is 5.02 Å². The summed E-state index contributed by atoms with van der Waals surface area (Å²) < 4.78 is 18.4. The summed E-state index contributed by atoms with van der Waals surface area (Å²) in [6.45, 7) is 0.423.